The Labute approximate surface area is 183 Å². The van der Waals surface area contributed by atoms with Crippen LogP contribution in [0.25, 0.3) is 16.9 Å². The molecule has 1 atom stereocenters. The van der Waals surface area contributed by atoms with Crippen LogP contribution in [0.3, 0.4) is 0 Å². The van der Waals surface area contributed by atoms with Crippen molar-refractivity contribution in [1.82, 2.24) is 33.6 Å². The van der Waals surface area contributed by atoms with Crippen LogP contribution in [0.5, 0.6) is 0 Å². The maximum atomic E-state index is 12.5. The first kappa shape index (κ1) is 21.3. The maximum Gasteiger partial charge on any atom is 0.332 e. The summed E-state index contributed by atoms with van der Waals surface area (Å²) in [6.07, 6.45) is 7.72. The molecule has 3 aromatic heterocycles. The summed E-state index contributed by atoms with van der Waals surface area (Å²) >= 11 is 0. The molecule has 10 heteroatoms. The molecule has 4 aromatic rings. The highest BCUT2D eigenvalue weighted by Crippen LogP contribution is 2.16. The minimum Gasteiger partial charge on any atom is -0.350 e. The lowest BCUT2D eigenvalue weighted by Crippen LogP contribution is -2.37. The van der Waals surface area contributed by atoms with Crippen molar-refractivity contribution in [2.75, 3.05) is 0 Å². The molecule has 0 aliphatic carbocycles. The quantitative estimate of drug-likeness (QED) is 0.470. The summed E-state index contributed by atoms with van der Waals surface area (Å²) in [5, 5.41) is 3.01. The van der Waals surface area contributed by atoms with E-state index in [1.165, 1.54) is 17.9 Å². The molecule has 1 aromatic carbocycles. The number of fused-ring (bicyclic) bond motifs is 1. The van der Waals surface area contributed by atoms with Gasteiger partial charge >= 0.3 is 5.69 Å². The number of hydrogen-bond acceptors (Lipinski definition) is 5. The average molecular weight is 435 g/mol. The molecule has 4 rings (SSSR count). The number of aryl methyl sites for hydroxylation is 2. The van der Waals surface area contributed by atoms with E-state index in [0.717, 1.165) is 15.8 Å². The number of carbonyl (C=O) groups is 1. The van der Waals surface area contributed by atoms with Gasteiger partial charge in [-0.1, -0.05) is 12.1 Å². The number of aromatic nitrogens is 6. The molecular formula is C22H25N7O3. The number of nitrogens with one attached hydrogen (secondary N) is 1. The van der Waals surface area contributed by atoms with Crippen molar-refractivity contribution >= 4 is 17.1 Å². The Balaban J connectivity index is 1.35. The fraction of sp³-hybridized carbons (Fsp3) is 0.318. The van der Waals surface area contributed by atoms with Gasteiger partial charge in [-0.2, -0.15) is 0 Å². The Hall–Kier alpha value is -3.95. The first-order chi connectivity index (χ1) is 15.4. The zero-order chi connectivity index (χ0) is 22.8. The van der Waals surface area contributed by atoms with Crippen LogP contribution in [0, 0.1) is 0 Å². The van der Waals surface area contributed by atoms with Gasteiger partial charge in [-0.05, 0) is 31.0 Å². The van der Waals surface area contributed by atoms with Gasteiger partial charge in [-0.3, -0.25) is 18.7 Å². The van der Waals surface area contributed by atoms with Gasteiger partial charge in [0.25, 0.3) is 5.56 Å². The monoisotopic (exact) mass is 435 g/mol. The zero-order valence-electron chi connectivity index (χ0n) is 18.2. The molecule has 1 N–H and O–H groups in total. The van der Waals surface area contributed by atoms with Gasteiger partial charge in [0.2, 0.25) is 5.91 Å². The fourth-order valence-electron chi connectivity index (χ4n) is 3.72. The van der Waals surface area contributed by atoms with Crippen LogP contribution < -0.4 is 16.6 Å². The highest BCUT2D eigenvalue weighted by molar-refractivity contribution is 5.76. The van der Waals surface area contributed by atoms with E-state index in [2.05, 4.69) is 15.3 Å². The molecule has 3 heterocycles. The van der Waals surface area contributed by atoms with Crippen molar-refractivity contribution in [2.45, 2.75) is 32.4 Å². The number of hydrogen-bond donors (Lipinski definition) is 1. The Kier molecular flexibility index (Phi) is 5.76. The predicted octanol–water partition coefficient (Wildman–Crippen LogP) is 1.28. The second-order valence-corrected chi connectivity index (χ2v) is 7.77. The number of imidazole rings is 2. The van der Waals surface area contributed by atoms with Gasteiger partial charge in [0.1, 0.15) is 0 Å². The van der Waals surface area contributed by atoms with E-state index < -0.39 is 11.2 Å². The van der Waals surface area contributed by atoms with Crippen LogP contribution in [-0.2, 0) is 25.4 Å². The van der Waals surface area contributed by atoms with E-state index in [4.69, 9.17) is 0 Å². The van der Waals surface area contributed by atoms with E-state index >= 15 is 0 Å². The van der Waals surface area contributed by atoms with Crippen LogP contribution in [0.2, 0.25) is 0 Å². The summed E-state index contributed by atoms with van der Waals surface area (Å²) < 4.78 is 6.02. The molecular weight excluding hydrogens is 410 g/mol. The molecule has 0 fully saturated rings. The smallest absolute Gasteiger partial charge is 0.332 e. The van der Waals surface area contributed by atoms with E-state index in [9.17, 15) is 14.4 Å². The first-order valence-corrected chi connectivity index (χ1v) is 10.4. The fourth-order valence-corrected chi connectivity index (χ4v) is 3.72. The van der Waals surface area contributed by atoms with Crippen molar-refractivity contribution in [3.63, 3.8) is 0 Å². The van der Waals surface area contributed by atoms with E-state index in [1.54, 1.807) is 24.1 Å². The van der Waals surface area contributed by atoms with Gasteiger partial charge in [0, 0.05) is 45.1 Å². The van der Waals surface area contributed by atoms with Gasteiger partial charge in [0.05, 0.1) is 18.7 Å². The largest absolute Gasteiger partial charge is 0.350 e. The third-order valence-electron chi connectivity index (χ3n) is 5.59. The number of rotatable bonds is 7. The molecule has 0 aliphatic rings. The van der Waals surface area contributed by atoms with Crippen molar-refractivity contribution in [1.29, 1.82) is 0 Å². The SMILES string of the molecule is C[C@H](NC(=O)CCCn1cnc2c1c(=O)n(C)c(=O)n2C)c1ccc(-n2ccnc2)cc1. The summed E-state index contributed by atoms with van der Waals surface area (Å²) in [6.45, 7) is 2.39. The zero-order valence-corrected chi connectivity index (χ0v) is 18.2. The Morgan fingerprint density at radius 2 is 1.84 bits per heavy atom. The van der Waals surface area contributed by atoms with Gasteiger partial charge in [-0.15, -0.1) is 0 Å². The topological polar surface area (TPSA) is 109 Å². The van der Waals surface area contributed by atoms with Crippen molar-refractivity contribution in [3.05, 3.63) is 75.7 Å². The molecule has 0 radical (unpaired) electrons. The normalized spacial score (nSPS) is 12.2. The van der Waals surface area contributed by atoms with Crippen LogP contribution in [0.15, 0.2) is 58.9 Å². The minimum absolute atomic E-state index is 0.0686. The average Bonchev–Trinajstić information content (AvgIpc) is 3.47. The second kappa shape index (κ2) is 8.66. The second-order valence-electron chi connectivity index (χ2n) is 7.77. The predicted molar refractivity (Wildman–Crippen MR) is 120 cm³/mol. The highest BCUT2D eigenvalue weighted by atomic mass is 16.2. The Morgan fingerprint density at radius 3 is 2.53 bits per heavy atom. The number of nitrogens with zero attached hydrogens (tertiary/aromatic N) is 6. The lowest BCUT2D eigenvalue weighted by molar-refractivity contribution is -0.121. The number of benzene rings is 1. The first-order valence-electron chi connectivity index (χ1n) is 10.4. The molecule has 0 bridgehead atoms. The van der Waals surface area contributed by atoms with Crippen LogP contribution >= 0.6 is 0 Å². The van der Waals surface area contributed by atoms with Crippen molar-refractivity contribution in [2.24, 2.45) is 14.1 Å². The van der Waals surface area contributed by atoms with Gasteiger partial charge in [-0.25, -0.2) is 14.8 Å². The molecule has 0 unspecified atom stereocenters. The van der Waals surface area contributed by atoms with Gasteiger partial charge < -0.3 is 14.5 Å². The van der Waals surface area contributed by atoms with E-state index in [0.29, 0.717) is 30.6 Å². The molecule has 0 aliphatic heterocycles. The van der Waals surface area contributed by atoms with E-state index in [1.807, 2.05) is 42.0 Å². The van der Waals surface area contributed by atoms with Gasteiger partial charge in [0.15, 0.2) is 11.2 Å². The molecule has 32 heavy (non-hydrogen) atoms. The van der Waals surface area contributed by atoms with Crippen LogP contribution in [-0.4, -0.2) is 34.1 Å². The summed E-state index contributed by atoms with van der Waals surface area (Å²) in [6, 6.07) is 7.81. The van der Waals surface area contributed by atoms with Crippen molar-refractivity contribution < 1.29 is 4.79 Å². The maximum absolute atomic E-state index is 12.5. The molecule has 0 saturated heterocycles. The molecule has 166 valence electrons. The molecule has 0 spiro atoms. The Morgan fingerprint density at radius 1 is 1.09 bits per heavy atom. The summed E-state index contributed by atoms with van der Waals surface area (Å²) in [5.74, 6) is -0.0686. The standard InChI is InChI=1S/C22H25N7O3/c1-15(16-6-8-17(9-7-16)28-12-10-23-13-28)25-18(30)5-4-11-29-14-24-20-19(29)21(31)27(3)22(32)26(20)2/h6-10,12-15H,4-5,11H2,1-3H3,(H,25,30)/t15-/m0/s1. The third kappa shape index (κ3) is 3.98. The summed E-state index contributed by atoms with van der Waals surface area (Å²) in [7, 11) is 3.02. The number of carbonyl (C=O) groups excluding carboxylic acids is 1. The lowest BCUT2D eigenvalue weighted by atomic mass is 10.1. The van der Waals surface area contributed by atoms with Crippen molar-refractivity contribution in [3.8, 4) is 5.69 Å². The molecule has 0 saturated carbocycles. The number of amides is 1. The van der Waals surface area contributed by atoms with E-state index in [-0.39, 0.29) is 11.9 Å². The minimum atomic E-state index is -0.417. The molecule has 10 nitrogen and oxygen atoms in total. The summed E-state index contributed by atoms with van der Waals surface area (Å²) in [5.41, 5.74) is 1.90. The lowest BCUT2D eigenvalue weighted by Gasteiger charge is -2.15. The van der Waals surface area contributed by atoms with Crippen LogP contribution in [0.4, 0.5) is 0 Å². The summed E-state index contributed by atoms with van der Waals surface area (Å²) in [4.78, 5) is 45.2. The Bertz CT molecular complexity index is 1360. The highest BCUT2D eigenvalue weighted by Gasteiger charge is 2.15. The third-order valence-corrected chi connectivity index (χ3v) is 5.59. The van der Waals surface area contributed by atoms with Crippen LogP contribution in [0.1, 0.15) is 31.4 Å². The molecule has 1 amide bonds.